The smallest absolute Gasteiger partial charge is 0.232 e. The summed E-state index contributed by atoms with van der Waals surface area (Å²) in [5.41, 5.74) is 1.57. The quantitative estimate of drug-likeness (QED) is 0.439. The summed E-state index contributed by atoms with van der Waals surface area (Å²) in [6.45, 7) is 0.459. The molecule has 1 aliphatic heterocycles. The zero-order valence-corrected chi connectivity index (χ0v) is 17.6. The average Bonchev–Trinajstić information content (AvgIpc) is 3.25. The van der Waals surface area contributed by atoms with Gasteiger partial charge in [-0.3, -0.25) is 4.79 Å². The van der Waals surface area contributed by atoms with E-state index in [0.717, 1.165) is 5.56 Å². The molecule has 6 nitrogen and oxygen atoms in total. The second kappa shape index (κ2) is 9.62. The van der Waals surface area contributed by atoms with E-state index in [1.807, 2.05) is 36.4 Å². The molecule has 0 fully saturated rings. The molecule has 0 amide bonds. The van der Waals surface area contributed by atoms with E-state index in [0.29, 0.717) is 40.9 Å². The van der Waals surface area contributed by atoms with Gasteiger partial charge in [0.25, 0.3) is 0 Å². The monoisotopic (exact) mass is 440 g/mol. The zero-order chi connectivity index (χ0) is 21.6. The highest BCUT2D eigenvalue weighted by atomic mass is 35.5. The molecule has 160 valence electrons. The van der Waals surface area contributed by atoms with Gasteiger partial charge in [0.05, 0.1) is 13.0 Å². The molecule has 7 heteroatoms. The van der Waals surface area contributed by atoms with Crippen LogP contribution in [-0.2, 0) is 11.4 Å². The number of ether oxygens (including phenoxy) is 5. The molecule has 0 saturated carbocycles. The van der Waals surface area contributed by atoms with E-state index in [1.165, 1.54) is 0 Å². The van der Waals surface area contributed by atoms with Crippen molar-refractivity contribution in [3.8, 4) is 28.7 Å². The Hall–Kier alpha value is -3.38. The first-order chi connectivity index (χ1) is 15.1. The van der Waals surface area contributed by atoms with Crippen molar-refractivity contribution in [2.75, 3.05) is 20.5 Å². The Labute approximate surface area is 185 Å². The largest absolute Gasteiger partial charge is 0.497 e. The highest BCUT2D eigenvalue weighted by Crippen LogP contribution is 2.42. The van der Waals surface area contributed by atoms with Gasteiger partial charge in [0.1, 0.15) is 30.5 Å². The molecule has 3 aromatic rings. The second-order valence-corrected chi connectivity index (χ2v) is 7.24. The first-order valence-electron chi connectivity index (χ1n) is 9.70. The highest BCUT2D eigenvalue weighted by Gasteiger charge is 2.28. The van der Waals surface area contributed by atoms with E-state index in [9.17, 15) is 4.79 Å². The molecule has 1 aliphatic rings. The van der Waals surface area contributed by atoms with Crippen molar-refractivity contribution in [3.63, 3.8) is 0 Å². The van der Waals surface area contributed by atoms with Gasteiger partial charge in [0, 0.05) is 17.7 Å². The SMILES string of the molecule is COc1cccc(OCC(C(=O)Cl)c2cc3c(cc2OCc2ccccc2)OCO3)c1. The maximum absolute atomic E-state index is 12.3. The minimum absolute atomic E-state index is 0.0246. The second-order valence-electron chi connectivity index (χ2n) is 6.86. The third-order valence-electron chi connectivity index (χ3n) is 4.85. The Kier molecular flexibility index (Phi) is 6.48. The normalized spacial score (nSPS) is 12.8. The van der Waals surface area contributed by atoms with Gasteiger partial charge in [-0.1, -0.05) is 36.4 Å². The number of methoxy groups -OCH3 is 1. The van der Waals surface area contributed by atoms with Crippen LogP contribution in [0.3, 0.4) is 0 Å². The maximum atomic E-state index is 12.3. The van der Waals surface area contributed by atoms with Crippen LogP contribution in [-0.4, -0.2) is 25.8 Å². The van der Waals surface area contributed by atoms with Crippen molar-refractivity contribution in [3.05, 3.63) is 77.9 Å². The van der Waals surface area contributed by atoms with Gasteiger partial charge in [-0.2, -0.15) is 0 Å². The fourth-order valence-electron chi connectivity index (χ4n) is 3.22. The van der Waals surface area contributed by atoms with Crippen LogP contribution in [0.15, 0.2) is 66.7 Å². The van der Waals surface area contributed by atoms with Gasteiger partial charge in [-0.25, -0.2) is 0 Å². The Bertz CT molecular complexity index is 1050. The molecule has 0 saturated heterocycles. The number of fused-ring (bicyclic) bond motifs is 1. The molecule has 0 aliphatic carbocycles. The summed E-state index contributed by atoms with van der Waals surface area (Å²) >= 11 is 5.97. The highest BCUT2D eigenvalue weighted by molar-refractivity contribution is 6.64. The summed E-state index contributed by atoms with van der Waals surface area (Å²) in [5, 5.41) is -0.564. The number of halogens is 1. The van der Waals surface area contributed by atoms with Crippen molar-refractivity contribution in [2.24, 2.45) is 0 Å². The van der Waals surface area contributed by atoms with Crippen LogP contribution in [0.2, 0.25) is 0 Å². The number of hydrogen-bond acceptors (Lipinski definition) is 6. The van der Waals surface area contributed by atoms with Crippen LogP contribution in [0.1, 0.15) is 17.0 Å². The van der Waals surface area contributed by atoms with Gasteiger partial charge >= 0.3 is 0 Å². The molecular formula is C24H21ClO6. The fraction of sp³-hybridized carbons (Fsp3) is 0.208. The van der Waals surface area contributed by atoms with Gasteiger partial charge in [0.2, 0.25) is 12.0 Å². The van der Waals surface area contributed by atoms with Gasteiger partial charge in [-0.05, 0) is 35.4 Å². The minimum Gasteiger partial charge on any atom is -0.497 e. The van der Waals surface area contributed by atoms with Crippen molar-refractivity contribution >= 4 is 16.8 Å². The van der Waals surface area contributed by atoms with Gasteiger partial charge < -0.3 is 23.7 Å². The standard InChI is InChI=1S/C24H21ClO6/c1-27-17-8-5-9-18(10-17)28-14-20(24(25)26)19-11-22-23(31-15-30-22)12-21(19)29-13-16-6-3-2-4-7-16/h2-12,20H,13-15H2,1H3. The molecule has 0 aromatic heterocycles. The van der Waals surface area contributed by atoms with Crippen molar-refractivity contribution in [1.29, 1.82) is 0 Å². The maximum Gasteiger partial charge on any atom is 0.232 e. The summed E-state index contributed by atoms with van der Waals surface area (Å²) in [6.07, 6.45) is 0. The van der Waals surface area contributed by atoms with Crippen LogP contribution < -0.4 is 23.7 Å². The summed E-state index contributed by atoms with van der Waals surface area (Å²) in [6, 6.07) is 20.3. The van der Waals surface area contributed by atoms with E-state index in [1.54, 1.807) is 37.4 Å². The molecule has 31 heavy (non-hydrogen) atoms. The summed E-state index contributed by atoms with van der Waals surface area (Å²) in [7, 11) is 1.58. The number of carbonyl (C=O) groups excluding carboxylic acids is 1. The summed E-state index contributed by atoms with van der Waals surface area (Å²) < 4.78 is 28.1. The number of carbonyl (C=O) groups is 1. The number of benzene rings is 3. The predicted octanol–water partition coefficient (Wildman–Crippen LogP) is 4.93. The molecule has 0 spiro atoms. The van der Waals surface area contributed by atoms with E-state index in [4.69, 9.17) is 35.3 Å². The van der Waals surface area contributed by atoms with Crippen LogP contribution in [0.25, 0.3) is 0 Å². The Morgan fingerprint density at radius 3 is 2.45 bits per heavy atom. The number of hydrogen-bond donors (Lipinski definition) is 0. The van der Waals surface area contributed by atoms with Crippen molar-refractivity contribution < 1.29 is 28.5 Å². The molecule has 4 rings (SSSR count). The van der Waals surface area contributed by atoms with E-state index in [2.05, 4.69) is 0 Å². The molecule has 0 bridgehead atoms. The summed E-state index contributed by atoms with van der Waals surface area (Å²) in [4.78, 5) is 12.3. The van der Waals surface area contributed by atoms with E-state index in [-0.39, 0.29) is 13.4 Å². The van der Waals surface area contributed by atoms with Crippen LogP contribution in [0, 0.1) is 0 Å². The lowest BCUT2D eigenvalue weighted by atomic mass is 9.99. The lowest BCUT2D eigenvalue weighted by Crippen LogP contribution is -2.17. The first kappa shape index (κ1) is 20.9. The molecular weight excluding hydrogens is 420 g/mol. The molecule has 1 heterocycles. The Balaban J connectivity index is 1.59. The van der Waals surface area contributed by atoms with Gasteiger partial charge in [0.15, 0.2) is 11.5 Å². The molecule has 1 atom stereocenters. The lowest BCUT2D eigenvalue weighted by molar-refractivity contribution is -0.113. The third kappa shape index (κ3) is 5.03. The topological polar surface area (TPSA) is 63.2 Å². The molecule has 0 N–H and O–H groups in total. The Morgan fingerprint density at radius 1 is 0.968 bits per heavy atom. The minimum atomic E-state index is -0.770. The van der Waals surface area contributed by atoms with Crippen molar-refractivity contribution in [1.82, 2.24) is 0 Å². The summed E-state index contributed by atoms with van der Waals surface area (Å²) in [5.74, 6) is 2.03. The molecule has 1 unspecified atom stereocenters. The van der Waals surface area contributed by atoms with Crippen LogP contribution >= 0.6 is 11.6 Å². The number of rotatable bonds is 9. The molecule has 3 aromatic carbocycles. The Morgan fingerprint density at radius 2 is 1.71 bits per heavy atom. The van der Waals surface area contributed by atoms with Crippen LogP contribution in [0.5, 0.6) is 28.7 Å². The van der Waals surface area contributed by atoms with Crippen LogP contribution in [0.4, 0.5) is 0 Å². The lowest BCUT2D eigenvalue weighted by Gasteiger charge is -2.19. The van der Waals surface area contributed by atoms with E-state index < -0.39 is 11.2 Å². The third-order valence-corrected chi connectivity index (χ3v) is 5.11. The van der Waals surface area contributed by atoms with Gasteiger partial charge in [-0.15, -0.1) is 0 Å². The average molecular weight is 441 g/mol. The zero-order valence-electron chi connectivity index (χ0n) is 16.9. The molecule has 0 radical (unpaired) electrons. The predicted molar refractivity (Wildman–Crippen MR) is 115 cm³/mol. The fourth-order valence-corrected chi connectivity index (χ4v) is 3.40. The van der Waals surface area contributed by atoms with E-state index >= 15 is 0 Å². The first-order valence-corrected chi connectivity index (χ1v) is 10.1. The van der Waals surface area contributed by atoms with Crippen molar-refractivity contribution in [2.45, 2.75) is 12.5 Å².